The number of aromatic nitrogens is 1. The Kier molecular flexibility index (Phi) is 5.86. The van der Waals surface area contributed by atoms with Gasteiger partial charge in [-0.25, -0.2) is 0 Å². The minimum atomic E-state index is 0.495. The molecule has 26 heavy (non-hydrogen) atoms. The molecule has 0 aliphatic rings. The summed E-state index contributed by atoms with van der Waals surface area (Å²) in [6, 6.07) is 16.1. The van der Waals surface area contributed by atoms with E-state index in [1.807, 2.05) is 42.5 Å². The number of furan rings is 1. The largest absolute Gasteiger partial charge is 0.467 e. The van der Waals surface area contributed by atoms with Gasteiger partial charge in [-0.15, -0.1) is 0 Å². The van der Waals surface area contributed by atoms with Crippen LogP contribution in [0.2, 0.25) is 0 Å². The summed E-state index contributed by atoms with van der Waals surface area (Å²) in [5.74, 6) is 0.930. The fourth-order valence-corrected chi connectivity index (χ4v) is 2.86. The summed E-state index contributed by atoms with van der Waals surface area (Å²) >= 11 is 5.26. The van der Waals surface area contributed by atoms with Crippen molar-refractivity contribution in [3.8, 4) is 0 Å². The summed E-state index contributed by atoms with van der Waals surface area (Å²) in [6.07, 6.45) is 3.48. The van der Waals surface area contributed by atoms with Crippen LogP contribution >= 0.6 is 12.2 Å². The third kappa shape index (κ3) is 4.61. The molecule has 3 aromatic rings. The molecule has 0 spiro atoms. The molecule has 0 saturated heterocycles. The molecule has 0 aliphatic heterocycles. The first-order valence-electron chi connectivity index (χ1n) is 8.43. The maximum Gasteiger partial charge on any atom is 0.187 e. The van der Waals surface area contributed by atoms with Gasteiger partial charge >= 0.3 is 0 Å². The van der Waals surface area contributed by atoms with E-state index < -0.39 is 0 Å². The molecule has 1 aromatic carbocycles. The topological polar surface area (TPSA) is 54.5 Å². The molecule has 2 aromatic heterocycles. The van der Waals surface area contributed by atoms with E-state index in [0.717, 1.165) is 22.7 Å². The maximum absolute atomic E-state index is 5.44. The zero-order valence-corrected chi connectivity index (χ0v) is 15.7. The minimum Gasteiger partial charge on any atom is -0.467 e. The lowest BCUT2D eigenvalue weighted by molar-refractivity contribution is 0.489. The van der Waals surface area contributed by atoms with Gasteiger partial charge in [-0.05, 0) is 49.8 Å². The molecule has 0 atom stereocenters. The Morgan fingerprint density at radius 1 is 1.19 bits per heavy atom. The molecule has 2 heterocycles. The van der Waals surface area contributed by atoms with Crippen molar-refractivity contribution in [2.24, 2.45) is 5.10 Å². The SMILES string of the molecule is Cc1cc(/C=N\NC(=S)NCc2ccccc2)c(C)n1Cc1ccco1. The number of thiocarbonyl (C=S) groups is 1. The smallest absolute Gasteiger partial charge is 0.187 e. The molecule has 0 saturated carbocycles. The van der Waals surface area contributed by atoms with E-state index in [9.17, 15) is 0 Å². The fraction of sp³-hybridized carbons (Fsp3) is 0.200. The number of hydrazone groups is 1. The molecular formula is C20H22N4OS. The van der Waals surface area contributed by atoms with E-state index in [4.69, 9.17) is 16.6 Å². The van der Waals surface area contributed by atoms with Crippen molar-refractivity contribution in [2.45, 2.75) is 26.9 Å². The second kappa shape index (κ2) is 8.49. The van der Waals surface area contributed by atoms with E-state index in [-0.39, 0.29) is 0 Å². The Hall–Kier alpha value is -2.86. The average molecular weight is 366 g/mol. The number of hydrogen-bond donors (Lipinski definition) is 2. The number of benzene rings is 1. The lowest BCUT2D eigenvalue weighted by Gasteiger charge is -2.07. The Balaban J connectivity index is 1.56. The molecule has 0 radical (unpaired) electrons. The predicted octanol–water partition coefficient (Wildman–Crippen LogP) is 3.74. The van der Waals surface area contributed by atoms with Crippen LogP contribution in [0.3, 0.4) is 0 Å². The van der Waals surface area contributed by atoms with Gasteiger partial charge in [-0.1, -0.05) is 30.3 Å². The standard InChI is InChI=1S/C20H22N4OS/c1-15-11-18(16(2)24(15)14-19-9-6-10-25-19)13-22-23-20(26)21-12-17-7-4-3-5-8-17/h3-11,13H,12,14H2,1-2H3,(H2,21,23,26)/b22-13-. The van der Waals surface area contributed by atoms with E-state index in [0.29, 0.717) is 18.2 Å². The van der Waals surface area contributed by atoms with Crippen molar-refractivity contribution in [3.63, 3.8) is 0 Å². The van der Waals surface area contributed by atoms with Crippen molar-refractivity contribution >= 4 is 23.5 Å². The van der Waals surface area contributed by atoms with Crippen LogP contribution in [-0.4, -0.2) is 15.9 Å². The second-order valence-corrected chi connectivity index (χ2v) is 6.44. The van der Waals surface area contributed by atoms with Crippen LogP contribution in [0, 0.1) is 13.8 Å². The van der Waals surface area contributed by atoms with Crippen LogP contribution in [0.4, 0.5) is 0 Å². The van der Waals surface area contributed by atoms with Gasteiger partial charge in [-0.3, -0.25) is 5.43 Å². The van der Waals surface area contributed by atoms with Crippen molar-refractivity contribution in [3.05, 3.63) is 83.1 Å². The van der Waals surface area contributed by atoms with Crippen LogP contribution in [0.5, 0.6) is 0 Å². The Labute approximate surface area is 158 Å². The zero-order chi connectivity index (χ0) is 18.4. The molecule has 5 nitrogen and oxygen atoms in total. The highest BCUT2D eigenvalue weighted by Crippen LogP contribution is 2.15. The van der Waals surface area contributed by atoms with Crippen LogP contribution in [0.25, 0.3) is 0 Å². The first kappa shape index (κ1) is 17.9. The van der Waals surface area contributed by atoms with Crippen LogP contribution in [0.15, 0.2) is 64.3 Å². The summed E-state index contributed by atoms with van der Waals surface area (Å²) in [6.45, 7) is 5.53. The van der Waals surface area contributed by atoms with Gasteiger partial charge in [0.15, 0.2) is 5.11 Å². The lowest BCUT2D eigenvalue weighted by Crippen LogP contribution is -2.31. The van der Waals surface area contributed by atoms with Crippen LogP contribution < -0.4 is 10.7 Å². The average Bonchev–Trinajstić information content (AvgIpc) is 3.25. The van der Waals surface area contributed by atoms with E-state index in [2.05, 4.69) is 40.3 Å². The number of nitrogens with zero attached hydrogens (tertiary/aromatic N) is 2. The Bertz CT molecular complexity index is 882. The quantitative estimate of drug-likeness (QED) is 0.396. The highest BCUT2D eigenvalue weighted by Gasteiger charge is 2.09. The summed E-state index contributed by atoms with van der Waals surface area (Å²) in [4.78, 5) is 0. The first-order valence-corrected chi connectivity index (χ1v) is 8.84. The normalized spacial score (nSPS) is 11.0. The summed E-state index contributed by atoms with van der Waals surface area (Å²) in [5.41, 5.74) is 7.37. The minimum absolute atomic E-state index is 0.495. The third-order valence-corrected chi connectivity index (χ3v) is 4.41. The molecule has 3 rings (SSSR count). The highest BCUT2D eigenvalue weighted by atomic mass is 32.1. The fourth-order valence-electron chi connectivity index (χ4n) is 2.74. The van der Waals surface area contributed by atoms with E-state index in [1.54, 1.807) is 12.5 Å². The molecule has 2 N–H and O–H groups in total. The van der Waals surface area contributed by atoms with Crippen molar-refractivity contribution in [1.82, 2.24) is 15.3 Å². The van der Waals surface area contributed by atoms with Crippen LogP contribution in [0.1, 0.15) is 28.3 Å². The van der Waals surface area contributed by atoms with Crippen molar-refractivity contribution in [1.29, 1.82) is 0 Å². The van der Waals surface area contributed by atoms with Gasteiger partial charge in [0.2, 0.25) is 0 Å². The van der Waals surface area contributed by atoms with E-state index >= 15 is 0 Å². The van der Waals surface area contributed by atoms with Gasteiger partial charge in [0.05, 0.1) is 19.0 Å². The van der Waals surface area contributed by atoms with Crippen LogP contribution in [-0.2, 0) is 13.1 Å². The van der Waals surface area contributed by atoms with Gasteiger partial charge in [0.25, 0.3) is 0 Å². The summed E-state index contributed by atoms with van der Waals surface area (Å²) in [7, 11) is 0. The maximum atomic E-state index is 5.44. The molecule has 134 valence electrons. The highest BCUT2D eigenvalue weighted by molar-refractivity contribution is 7.80. The molecule has 0 aliphatic carbocycles. The molecule has 0 bridgehead atoms. The van der Waals surface area contributed by atoms with Gasteiger partial charge in [0.1, 0.15) is 5.76 Å². The number of hydrogen-bond acceptors (Lipinski definition) is 3. The van der Waals surface area contributed by atoms with Crippen molar-refractivity contribution in [2.75, 3.05) is 0 Å². The summed E-state index contributed by atoms with van der Waals surface area (Å²) in [5, 5.41) is 7.88. The Morgan fingerprint density at radius 2 is 2.00 bits per heavy atom. The summed E-state index contributed by atoms with van der Waals surface area (Å²) < 4.78 is 7.64. The third-order valence-electron chi connectivity index (χ3n) is 4.17. The Morgan fingerprint density at radius 3 is 2.73 bits per heavy atom. The molecule has 0 unspecified atom stereocenters. The zero-order valence-electron chi connectivity index (χ0n) is 14.9. The molecule has 6 heteroatoms. The molecular weight excluding hydrogens is 344 g/mol. The van der Waals surface area contributed by atoms with Gasteiger partial charge < -0.3 is 14.3 Å². The molecule has 0 amide bonds. The van der Waals surface area contributed by atoms with Gasteiger partial charge in [-0.2, -0.15) is 5.10 Å². The number of nitrogens with one attached hydrogen (secondary N) is 2. The van der Waals surface area contributed by atoms with E-state index in [1.165, 1.54) is 5.56 Å². The molecule has 0 fully saturated rings. The monoisotopic (exact) mass is 366 g/mol. The second-order valence-electron chi connectivity index (χ2n) is 6.03. The lowest BCUT2D eigenvalue weighted by atomic mass is 10.2. The van der Waals surface area contributed by atoms with Gasteiger partial charge in [0, 0.05) is 23.5 Å². The predicted molar refractivity (Wildman–Crippen MR) is 108 cm³/mol. The first-order chi connectivity index (χ1) is 12.6. The van der Waals surface area contributed by atoms with Crippen molar-refractivity contribution < 1.29 is 4.42 Å². The number of aryl methyl sites for hydroxylation is 1. The number of rotatable bonds is 6.